The quantitative estimate of drug-likeness (QED) is 0.299. The molecule has 0 amide bonds. The maximum atomic E-state index is 9.73. The van der Waals surface area contributed by atoms with Crippen molar-refractivity contribution in [3.8, 4) is 5.75 Å². The maximum Gasteiger partial charge on any atom is 0.311 e. The summed E-state index contributed by atoms with van der Waals surface area (Å²) in [7, 11) is -5.76. The van der Waals surface area contributed by atoms with Crippen molar-refractivity contribution in [1.82, 2.24) is 0 Å². The molecule has 0 atom stereocenters. The zero-order valence-electron chi connectivity index (χ0n) is 22.5. The second-order valence-electron chi connectivity index (χ2n) is 11.4. The Balaban J connectivity index is 1.82. The highest BCUT2D eigenvalue weighted by molar-refractivity contribution is 6.87. The third kappa shape index (κ3) is 9.91. The molecule has 1 N–H and O–H groups in total. The Hall–Kier alpha value is -1.19. The lowest BCUT2D eigenvalue weighted by molar-refractivity contribution is 0.387. The van der Waals surface area contributed by atoms with Crippen LogP contribution in [-0.4, -0.2) is 30.3 Å². The first kappa shape index (κ1) is 28.1. The summed E-state index contributed by atoms with van der Waals surface area (Å²) >= 11 is 0. The van der Waals surface area contributed by atoms with Crippen LogP contribution in [0.4, 0.5) is 0 Å². The van der Waals surface area contributed by atoms with Crippen molar-refractivity contribution >= 4 is 25.2 Å². The molecule has 3 nitrogen and oxygen atoms in total. The second-order valence-corrected chi connectivity index (χ2v) is 23.8. The van der Waals surface area contributed by atoms with E-state index in [4.69, 9.17) is 8.23 Å². The van der Waals surface area contributed by atoms with E-state index in [0.29, 0.717) is 5.75 Å². The Morgan fingerprint density at radius 3 is 1.55 bits per heavy atom. The number of aryl methyl sites for hydroxylation is 5. The molecule has 2 aromatic rings. The van der Waals surface area contributed by atoms with E-state index in [2.05, 4.69) is 77.4 Å². The minimum absolute atomic E-state index is 0.377. The molecule has 0 aromatic heterocycles. The molecule has 0 heterocycles. The Labute approximate surface area is 206 Å². The van der Waals surface area contributed by atoms with Gasteiger partial charge in [0.2, 0.25) is 0 Å². The molecule has 184 valence electrons. The summed E-state index contributed by atoms with van der Waals surface area (Å²) in [6, 6.07) is 15.1. The molecule has 0 spiro atoms. The number of aromatic hydroxyl groups is 1. The van der Waals surface area contributed by atoms with Crippen molar-refractivity contribution in [3.05, 3.63) is 64.2 Å². The molecule has 0 fully saturated rings. The molecule has 0 unspecified atom stereocenters. The van der Waals surface area contributed by atoms with Gasteiger partial charge in [-0.15, -0.1) is 0 Å². The van der Waals surface area contributed by atoms with Crippen LogP contribution in [0, 0.1) is 20.8 Å². The first-order valence-corrected chi connectivity index (χ1v) is 21.5. The number of hydrogen-bond acceptors (Lipinski definition) is 3. The lowest BCUT2D eigenvalue weighted by atomic mass is 10.0. The van der Waals surface area contributed by atoms with Crippen LogP contribution >= 0.6 is 0 Å². The van der Waals surface area contributed by atoms with E-state index in [1.54, 1.807) is 6.07 Å². The lowest BCUT2D eigenvalue weighted by Crippen LogP contribution is -2.52. The maximum absolute atomic E-state index is 9.73. The van der Waals surface area contributed by atoms with E-state index < -0.39 is 25.2 Å². The van der Waals surface area contributed by atoms with Crippen LogP contribution < -0.4 is 0 Å². The van der Waals surface area contributed by atoms with E-state index in [1.165, 1.54) is 34.7 Å². The van der Waals surface area contributed by atoms with Gasteiger partial charge in [0.15, 0.2) is 16.6 Å². The molecule has 0 aliphatic heterocycles. The van der Waals surface area contributed by atoms with Crippen molar-refractivity contribution in [2.45, 2.75) is 97.8 Å². The van der Waals surface area contributed by atoms with Crippen molar-refractivity contribution in [3.63, 3.8) is 0 Å². The summed E-state index contributed by atoms with van der Waals surface area (Å²) in [6.45, 7) is 20.2. The average Bonchev–Trinajstić information content (AvgIpc) is 2.65. The minimum Gasteiger partial charge on any atom is -0.508 e. The van der Waals surface area contributed by atoms with Gasteiger partial charge in [-0.25, -0.2) is 0 Å². The van der Waals surface area contributed by atoms with Gasteiger partial charge in [-0.2, -0.15) is 0 Å². The standard InChI is InChI=1S/C27H46O3Si3/c1-22-14-15-25(20-23(22)2)12-10-18-31(4,5)29-33(8,9)30-32(6,7)19-11-13-26-16-17-27(28)24(3)21-26/h14-17,20-21,28H,10-13,18-19H2,1-9H3. The first-order valence-electron chi connectivity index (χ1n) is 12.4. The van der Waals surface area contributed by atoms with Crippen molar-refractivity contribution in [2.75, 3.05) is 0 Å². The number of phenols is 1. The third-order valence-electron chi connectivity index (χ3n) is 6.37. The first-order chi connectivity index (χ1) is 15.2. The van der Waals surface area contributed by atoms with Gasteiger partial charge in [-0.1, -0.05) is 30.3 Å². The predicted molar refractivity (Wildman–Crippen MR) is 150 cm³/mol. The van der Waals surface area contributed by atoms with Crippen LogP contribution in [0.25, 0.3) is 0 Å². The van der Waals surface area contributed by atoms with E-state index in [0.717, 1.165) is 30.9 Å². The van der Waals surface area contributed by atoms with Gasteiger partial charge in [0.1, 0.15) is 5.75 Å². The van der Waals surface area contributed by atoms with E-state index >= 15 is 0 Å². The number of phenolic OH excluding ortho intramolecular Hbond substituents is 1. The molecule has 0 bridgehead atoms. The van der Waals surface area contributed by atoms with Crippen LogP contribution in [0.3, 0.4) is 0 Å². The number of rotatable bonds is 12. The topological polar surface area (TPSA) is 38.7 Å². The third-order valence-corrected chi connectivity index (χ3v) is 17.8. The number of benzene rings is 2. The zero-order valence-corrected chi connectivity index (χ0v) is 25.5. The van der Waals surface area contributed by atoms with Gasteiger partial charge >= 0.3 is 8.56 Å². The van der Waals surface area contributed by atoms with Gasteiger partial charge in [0, 0.05) is 0 Å². The Morgan fingerprint density at radius 2 is 1.09 bits per heavy atom. The molecule has 0 radical (unpaired) electrons. The lowest BCUT2D eigenvalue weighted by Gasteiger charge is -2.39. The molecule has 2 rings (SSSR count). The molecule has 0 saturated heterocycles. The van der Waals surface area contributed by atoms with Gasteiger partial charge < -0.3 is 13.3 Å². The summed E-state index contributed by atoms with van der Waals surface area (Å²) in [5.74, 6) is 0.377. The summed E-state index contributed by atoms with van der Waals surface area (Å²) in [5, 5.41) is 9.73. The van der Waals surface area contributed by atoms with E-state index in [1.807, 2.05) is 13.0 Å². The highest BCUT2D eigenvalue weighted by Crippen LogP contribution is 2.27. The van der Waals surface area contributed by atoms with Crippen LogP contribution in [0.15, 0.2) is 36.4 Å². The van der Waals surface area contributed by atoms with E-state index in [9.17, 15) is 5.11 Å². The predicted octanol–water partition coefficient (Wildman–Crippen LogP) is 8.03. The highest BCUT2D eigenvalue weighted by Gasteiger charge is 2.39. The van der Waals surface area contributed by atoms with Crippen LogP contribution in [-0.2, 0) is 21.1 Å². The van der Waals surface area contributed by atoms with Gasteiger partial charge in [0.05, 0.1) is 0 Å². The Bertz CT molecular complexity index is 849. The smallest absolute Gasteiger partial charge is 0.311 e. The molecule has 0 aliphatic carbocycles. The van der Waals surface area contributed by atoms with Gasteiger partial charge in [-0.3, -0.25) is 0 Å². The zero-order chi connectivity index (χ0) is 24.9. The monoisotopic (exact) mass is 502 g/mol. The fraction of sp³-hybridized carbons (Fsp3) is 0.556. The van der Waals surface area contributed by atoms with Crippen LogP contribution in [0.1, 0.15) is 40.7 Å². The SMILES string of the molecule is Cc1ccc(CCC[Si](C)(C)O[Si](C)(C)O[Si](C)(C)CCCc2ccc(O)c(C)c2)cc1C. The summed E-state index contributed by atoms with van der Waals surface area (Å²) in [6.07, 6.45) is 4.45. The van der Waals surface area contributed by atoms with Crippen LogP contribution in [0.2, 0.25) is 51.4 Å². The fourth-order valence-corrected chi connectivity index (χ4v) is 18.8. The highest BCUT2D eigenvalue weighted by atomic mass is 28.5. The minimum atomic E-state index is -2.18. The molecule has 33 heavy (non-hydrogen) atoms. The van der Waals surface area contributed by atoms with Crippen molar-refractivity contribution in [1.29, 1.82) is 0 Å². The summed E-state index contributed by atoms with van der Waals surface area (Å²) in [5.41, 5.74) is 6.43. The van der Waals surface area contributed by atoms with Crippen molar-refractivity contribution in [2.24, 2.45) is 0 Å². The van der Waals surface area contributed by atoms with Gasteiger partial charge in [0.25, 0.3) is 0 Å². The molecule has 6 heteroatoms. The second kappa shape index (κ2) is 11.5. The molecule has 2 aromatic carbocycles. The Kier molecular flexibility index (Phi) is 9.77. The van der Waals surface area contributed by atoms with Crippen molar-refractivity contribution < 1.29 is 13.3 Å². The van der Waals surface area contributed by atoms with Crippen LogP contribution in [0.5, 0.6) is 5.75 Å². The van der Waals surface area contributed by atoms with Gasteiger partial charge in [-0.05, 0) is 132 Å². The normalized spacial score (nSPS) is 12.9. The van der Waals surface area contributed by atoms with E-state index in [-0.39, 0.29) is 0 Å². The molecular formula is C27H46O3Si3. The summed E-state index contributed by atoms with van der Waals surface area (Å²) < 4.78 is 13.6. The fourth-order valence-electron chi connectivity index (χ4n) is 4.72. The Morgan fingerprint density at radius 1 is 0.636 bits per heavy atom. The average molecular weight is 503 g/mol. The molecule has 0 aliphatic rings. The largest absolute Gasteiger partial charge is 0.508 e. The molecular weight excluding hydrogens is 457 g/mol. The summed E-state index contributed by atoms with van der Waals surface area (Å²) in [4.78, 5) is 0. The number of hydrogen-bond donors (Lipinski definition) is 1. The molecule has 0 saturated carbocycles.